The van der Waals surface area contributed by atoms with Crippen molar-refractivity contribution < 1.29 is 0 Å². The van der Waals surface area contributed by atoms with Crippen LogP contribution in [0.4, 0.5) is 5.69 Å². The molecule has 0 aliphatic carbocycles. The molecule has 2 rings (SSSR count). The molecule has 0 spiro atoms. The van der Waals surface area contributed by atoms with E-state index in [1.807, 2.05) is 38.1 Å². The van der Waals surface area contributed by atoms with E-state index in [9.17, 15) is 0 Å². The van der Waals surface area contributed by atoms with Gasteiger partial charge in [-0.25, -0.2) is 0 Å². The highest BCUT2D eigenvalue weighted by atomic mass is 14.9. The van der Waals surface area contributed by atoms with E-state index in [0.717, 1.165) is 11.4 Å². The summed E-state index contributed by atoms with van der Waals surface area (Å²) in [6, 6.07) is 8.16. The van der Waals surface area contributed by atoms with Crippen molar-refractivity contribution in [2.75, 3.05) is 5.32 Å². The van der Waals surface area contributed by atoms with Crippen molar-refractivity contribution in [1.29, 1.82) is 0 Å². The van der Waals surface area contributed by atoms with Crippen molar-refractivity contribution in [2.45, 2.75) is 13.8 Å². The molecule has 0 atom stereocenters. The molecule has 1 nitrogen and oxygen atoms in total. The standard InChI is InChI=1S/C10H9N.C2H6/c1-8-6-7-9-4-2-3-5-10(9)11-8;1-2/h2-7,11H,1H2;1-2H3. The number of nitrogens with one attached hydrogen (secondary N) is 1. The van der Waals surface area contributed by atoms with E-state index in [0.29, 0.717) is 0 Å². The third-order valence-corrected chi connectivity index (χ3v) is 1.72. The maximum atomic E-state index is 3.82. The fraction of sp³-hybridized carbons (Fsp3) is 0.167. The maximum absolute atomic E-state index is 3.82. The summed E-state index contributed by atoms with van der Waals surface area (Å²) in [6.45, 7) is 7.82. The lowest BCUT2D eigenvalue weighted by Crippen LogP contribution is -2.00. The van der Waals surface area contributed by atoms with Crippen molar-refractivity contribution >= 4 is 11.8 Å². The molecule has 1 N–H and O–H groups in total. The van der Waals surface area contributed by atoms with Crippen LogP contribution in [0.3, 0.4) is 0 Å². The average molecular weight is 173 g/mol. The van der Waals surface area contributed by atoms with Crippen molar-refractivity contribution in [1.82, 2.24) is 0 Å². The topological polar surface area (TPSA) is 12.0 Å². The van der Waals surface area contributed by atoms with Gasteiger partial charge in [-0.05, 0) is 17.7 Å². The van der Waals surface area contributed by atoms with Crippen LogP contribution in [0.5, 0.6) is 0 Å². The zero-order valence-corrected chi connectivity index (χ0v) is 8.17. The summed E-state index contributed by atoms with van der Waals surface area (Å²) >= 11 is 0. The predicted octanol–water partition coefficient (Wildman–Crippen LogP) is 3.67. The molecule has 0 aromatic heterocycles. The fourth-order valence-corrected chi connectivity index (χ4v) is 1.16. The number of rotatable bonds is 0. The molecule has 68 valence electrons. The van der Waals surface area contributed by atoms with Gasteiger partial charge in [-0.2, -0.15) is 0 Å². The minimum atomic E-state index is 0.948. The highest BCUT2D eigenvalue weighted by molar-refractivity contribution is 5.74. The summed E-state index contributed by atoms with van der Waals surface area (Å²) in [7, 11) is 0. The van der Waals surface area contributed by atoms with E-state index in [-0.39, 0.29) is 0 Å². The summed E-state index contributed by atoms with van der Waals surface area (Å²) in [5, 5.41) is 3.18. The van der Waals surface area contributed by atoms with Gasteiger partial charge in [0.1, 0.15) is 0 Å². The quantitative estimate of drug-likeness (QED) is 0.631. The molecule has 13 heavy (non-hydrogen) atoms. The second-order valence-electron chi connectivity index (χ2n) is 2.57. The second kappa shape index (κ2) is 4.51. The molecule has 1 aromatic carbocycles. The van der Waals surface area contributed by atoms with Crippen LogP contribution in [0, 0.1) is 0 Å². The lowest BCUT2D eigenvalue weighted by atomic mass is 10.1. The Balaban J connectivity index is 0.000000396. The van der Waals surface area contributed by atoms with Crippen molar-refractivity contribution in [2.24, 2.45) is 0 Å². The second-order valence-corrected chi connectivity index (χ2v) is 2.57. The van der Waals surface area contributed by atoms with Crippen LogP contribution >= 0.6 is 0 Å². The number of hydrogen-bond donors (Lipinski definition) is 1. The predicted molar refractivity (Wildman–Crippen MR) is 59.6 cm³/mol. The van der Waals surface area contributed by atoms with Gasteiger partial charge in [-0.3, -0.25) is 0 Å². The Kier molecular flexibility index (Phi) is 3.32. The molecule has 0 radical (unpaired) electrons. The molecule has 0 unspecified atom stereocenters. The van der Waals surface area contributed by atoms with Gasteiger partial charge in [0.25, 0.3) is 0 Å². The molecule has 0 saturated heterocycles. The van der Waals surface area contributed by atoms with E-state index in [1.54, 1.807) is 0 Å². The monoisotopic (exact) mass is 173 g/mol. The molecule has 1 aliphatic heterocycles. The van der Waals surface area contributed by atoms with Crippen LogP contribution in [0.25, 0.3) is 6.08 Å². The minimum absolute atomic E-state index is 0.948. The van der Waals surface area contributed by atoms with Gasteiger partial charge in [-0.1, -0.05) is 44.7 Å². The van der Waals surface area contributed by atoms with Crippen LogP contribution < -0.4 is 5.32 Å². The maximum Gasteiger partial charge on any atom is 0.0457 e. The first-order valence-corrected chi connectivity index (χ1v) is 4.59. The first-order valence-electron chi connectivity index (χ1n) is 4.59. The first kappa shape index (κ1) is 9.59. The van der Waals surface area contributed by atoms with E-state index in [4.69, 9.17) is 0 Å². The molecular weight excluding hydrogens is 158 g/mol. The molecule has 1 aromatic rings. The molecule has 0 amide bonds. The Hall–Kier alpha value is -1.50. The van der Waals surface area contributed by atoms with Crippen LogP contribution in [-0.4, -0.2) is 0 Å². The SMILES string of the molecule is C=C1C=Cc2ccccc2N1.CC. The van der Waals surface area contributed by atoms with Gasteiger partial charge in [-0.15, -0.1) is 0 Å². The van der Waals surface area contributed by atoms with Gasteiger partial charge < -0.3 is 5.32 Å². The van der Waals surface area contributed by atoms with Crippen LogP contribution in [0.15, 0.2) is 42.6 Å². The van der Waals surface area contributed by atoms with E-state index >= 15 is 0 Å². The highest BCUT2D eigenvalue weighted by Gasteiger charge is 2.02. The Morgan fingerprint density at radius 3 is 2.54 bits per heavy atom. The first-order chi connectivity index (χ1) is 6.36. The van der Waals surface area contributed by atoms with Crippen molar-refractivity contribution in [3.8, 4) is 0 Å². The number of hydrogen-bond acceptors (Lipinski definition) is 1. The Bertz CT molecular complexity index is 324. The molecular formula is C12H15N. The lowest BCUT2D eigenvalue weighted by Gasteiger charge is -2.13. The Labute approximate surface area is 79.8 Å². The van der Waals surface area contributed by atoms with Gasteiger partial charge in [0, 0.05) is 11.4 Å². The molecule has 1 heterocycles. The van der Waals surface area contributed by atoms with Gasteiger partial charge in [0.2, 0.25) is 0 Å². The molecule has 1 aliphatic rings. The normalized spacial score (nSPS) is 12.3. The van der Waals surface area contributed by atoms with Crippen LogP contribution in [0.1, 0.15) is 19.4 Å². The molecule has 0 saturated carbocycles. The van der Waals surface area contributed by atoms with E-state index in [1.165, 1.54) is 5.56 Å². The van der Waals surface area contributed by atoms with E-state index in [2.05, 4.69) is 24.0 Å². The molecule has 1 heteroatoms. The van der Waals surface area contributed by atoms with Gasteiger partial charge in [0.15, 0.2) is 0 Å². The van der Waals surface area contributed by atoms with Gasteiger partial charge >= 0.3 is 0 Å². The zero-order chi connectivity index (χ0) is 9.68. The number of fused-ring (bicyclic) bond motifs is 1. The number of para-hydroxylation sites is 1. The highest BCUT2D eigenvalue weighted by Crippen LogP contribution is 2.22. The zero-order valence-electron chi connectivity index (χ0n) is 8.17. The lowest BCUT2D eigenvalue weighted by molar-refractivity contribution is 1.45. The van der Waals surface area contributed by atoms with Crippen molar-refractivity contribution in [3.63, 3.8) is 0 Å². The smallest absolute Gasteiger partial charge is 0.0457 e. The summed E-state index contributed by atoms with van der Waals surface area (Å²) in [5.41, 5.74) is 3.31. The van der Waals surface area contributed by atoms with E-state index < -0.39 is 0 Å². The van der Waals surface area contributed by atoms with Crippen LogP contribution in [-0.2, 0) is 0 Å². The van der Waals surface area contributed by atoms with Crippen LogP contribution in [0.2, 0.25) is 0 Å². The van der Waals surface area contributed by atoms with Crippen molar-refractivity contribution in [3.05, 3.63) is 48.2 Å². The van der Waals surface area contributed by atoms with Gasteiger partial charge in [0.05, 0.1) is 0 Å². The molecule has 0 bridgehead atoms. The molecule has 0 fully saturated rings. The third kappa shape index (κ3) is 2.22. The average Bonchev–Trinajstić information content (AvgIpc) is 2.21. The summed E-state index contributed by atoms with van der Waals surface area (Å²) < 4.78 is 0. The number of anilines is 1. The number of allylic oxidation sites excluding steroid dienone is 1. The summed E-state index contributed by atoms with van der Waals surface area (Å²) in [5.74, 6) is 0. The Morgan fingerprint density at radius 2 is 1.77 bits per heavy atom. The fourth-order valence-electron chi connectivity index (χ4n) is 1.16. The third-order valence-electron chi connectivity index (χ3n) is 1.72. The largest absolute Gasteiger partial charge is 0.356 e. The number of benzene rings is 1. The summed E-state index contributed by atoms with van der Waals surface area (Å²) in [4.78, 5) is 0. The minimum Gasteiger partial charge on any atom is -0.356 e. The summed E-state index contributed by atoms with van der Waals surface area (Å²) in [6.07, 6.45) is 4.04. The Morgan fingerprint density at radius 1 is 1.08 bits per heavy atom.